The third kappa shape index (κ3) is 1.72. The third-order valence-corrected chi connectivity index (χ3v) is 3.79. The third-order valence-electron chi connectivity index (χ3n) is 3.79. The molecule has 2 aliphatic heterocycles. The second-order valence-corrected chi connectivity index (χ2v) is 5.01. The number of hydrogen-bond donors (Lipinski definition) is 1. The molecule has 4 rings (SSSR count). The van der Waals surface area contributed by atoms with E-state index in [1.807, 2.05) is 30.3 Å². The molecule has 2 heterocycles. The quantitative estimate of drug-likeness (QED) is 0.864. The molecule has 2 aromatic rings. The van der Waals surface area contributed by atoms with E-state index in [2.05, 4.69) is 17.4 Å². The topological polar surface area (TPSA) is 47.6 Å². The molecule has 2 aromatic carbocycles. The molecule has 0 saturated heterocycles. The van der Waals surface area contributed by atoms with Crippen LogP contribution in [-0.4, -0.2) is 12.7 Å². The van der Waals surface area contributed by atoms with Gasteiger partial charge in [0.1, 0.15) is 0 Å². The number of hydrogen-bond acceptors (Lipinski definition) is 3. The molecule has 1 amide bonds. The molecule has 0 radical (unpaired) electrons. The second kappa shape index (κ2) is 4.27. The fraction of sp³-hybridized carbons (Fsp3) is 0.188. The highest BCUT2D eigenvalue weighted by atomic mass is 16.7. The van der Waals surface area contributed by atoms with Gasteiger partial charge in [-0.05, 0) is 17.2 Å². The molecule has 0 fully saturated rings. The van der Waals surface area contributed by atoms with Crippen LogP contribution < -0.4 is 14.8 Å². The molecule has 0 unspecified atom stereocenters. The number of ether oxygens (including phenoxy) is 2. The van der Waals surface area contributed by atoms with E-state index in [1.165, 1.54) is 0 Å². The summed E-state index contributed by atoms with van der Waals surface area (Å²) in [7, 11) is 0. The summed E-state index contributed by atoms with van der Waals surface area (Å²) in [6.07, 6.45) is 0.455. The fourth-order valence-electron chi connectivity index (χ4n) is 2.83. The van der Waals surface area contributed by atoms with Gasteiger partial charge in [0.25, 0.3) is 0 Å². The van der Waals surface area contributed by atoms with Gasteiger partial charge in [0.2, 0.25) is 12.7 Å². The first kappa shape index (κ1) is 11.3. The van der Waals surface area contributed by atoms with Gasteiger partial charge in [0, 0.05) is 24.1 Å². The Hall–Kier alpha value is -2.49. The summed E-state index contributed by atoms with van der Waals surface area (Å²) in [5, 5.41) is 2.91. The van der Waals surface area contributed by atoms with E-state index >= 15 is 0 Å². The maximum atomic E-state index is 11.9. The van der Waals surface area contributed by atoms with E-state index in [9.17, 15) is 4.79 Å². The van der Waals surface area contributed by atoms with Crippen molar-refractivity contribution in [2.24, 2.45) is 0 Å². The van der Waals surface area contributed by atoms with Crippen LogP contribution >= 0.6 is 0 Å². The number of benzene rings is 2. The normalized spacial score (nSPS) is 19.4. The Balaban J connectivity index is 1.86. The highest BCUT2D eigenvalue weighted by Crippen LogP contribution is 2.44. The zero-order valence-corrected chi connectivity index (χ0v) is 10.8. The highest BCUT2D eigenvalue weighted by molar-refractivity contribution is 5.96. The van der Waals surface area contributed by atoms with E-state index in [0.717, 1.165) is 22.6 Å². The van der Waals surface area contributed by atoms with E-state index in [4.69, 9.17) is 9.47 Å². The average molecular weight is 267 g/mol. The number of carbonyl (C=O) groups excluding carboxylic acids is 1. The maximum absolute atomic E-state index is 11.9. The molecular formula is C16H13NO3. The lowest BCUT2D eigenvalue weighted by Crippen LogP contribution is -2.23. The Kier molecular flexibility index (Phi) is 2.42. The molecule has 0 bridgehead atoms. The van der Waals surface area contributed by atoms with Gasteiger partial charge in [-0.15, -0.1) is 0 Å². The first-order valence-electron chi connectivity index (χ1n) is 6.59. The first-order valence-corrected chi connectivity index (χ1v) is 6.59. The zero-order chi connectivity index (χ0) is 13.5. The lowest BCUT2D eigenvalue weighted by molar-refractivity contribution is -0.116. The smallest absolute Gasteiger partial charge is 0.231 e. The van der Waals surface area contributed by atoms with Crippen LogP contribution in [0.2, 0.25) is 0 Å². The summed E-state index contributed by atoms with van der Waals surface area (Å²) < 4.78 is 10.8. The van der Waals surface area contributed by atoms with Crippen molar-refractivity contribution in [3.8, 4) is 11.5 Å². The van der Waals surface area contributed by atoms with Crippen molar-refractivity contribution in [2.45, 2.75) is 12.3 Å². The number of amides is 1. The Labute approximate surface area is 116 Å². The van der Waals surface area contributed by atoms with Crippen molar-refractivity contribution in [3.63, 3.8) is 0 Å². The van der Waals surface area contributed by atoms with Crippen molar-refractivity contribution < 1.29 is 14.3 Å². The largest absolute Gasteiger partial charge is 0.454 e. The molecule has 0 aliphatic carbocycles. The SMILES string of the molecule is O=C1C[C@H](c2ccccc2)c2cc3c(cc2N1)OCO3. The van der Waals surface area contributed by atoms with Gasteiger partial charge in [-0.2, -0.15) is 0 Å². The van der Waals surface area contributed by atoms with Crippen LogP contribution in [0.5, 0.6) is 11.5 Å². The molecule has 1 atom stereocenters. The standard InChI is InChI=1S/C16H13NO3/c18-16-7-11(10-4-2-1-3-5-10)12-6-14-15(20-9-19-14)8-13(12)17-16/h1-6,8,11H,7,9H2,(H,17,18)/t11-/m1/s1. The van der Waals surface area contributed by atoms with E-state index in [1.54, 1.807) is 0 Å². The van der Waals surface area contributed by atoms with Gasteiger partial charge < -0.3 is 14.8 Å². The molecule has 100 valence electrons. The van der Waals surface area contributed by atoms with Gasteiger partial charge in [0.15, 0.2) is 11.5 Å². The van der Waals surface area contributed by atoms with Crippen LogP contribution in [0.15, 0.2) is 42.5 Å². The van der Waals surface area contributed by atoms with Gasteiger partial charge in [-0.3, -0.25) is 4.79 Å². The number of carbonyl (C=O) groups is 1. The number of anilines is 1. The minimum absolute atomic E-state index is 0.0326. The van der Waals surface area contributed by atoms with E-state index < -0.39 is 0 Å². The average Bonchev–Trinajstić information content (AvgIpc) is 2.92. The molecule has 20 heavy (non-hydrogen) atoms. The fourth-order valence-corrected chi connectivity index (χ4v) is 2.83. The Morgan fingerprint density at radius 1 is 1.05 bits per heavy atom. The predicted octanol–water partition coefficient (Wildman–Crippen LogP) is 2.89. The predicted molar refractivity (Wildman–Crippen MR) is 74.1 cm³/mol. The minimum Gasteiger partial charge on any atom is -0.454 e. The number of rotatable bonds is 1. The number of fused-ring (bicyclic) bond motifs is 2. The second-order valence-electron chi connectivity index (χ2n) is 5.01. The lowest BCUT2D eigenvalue weighted by Gasteiger charge is -2.26. The van der Waals surface area contributed by atoms with Crippen LogP contribution in [0, 0.1) is 0 Å². The summed E-state index contributed by atoms with van der Waals surface area (Å²) >= 11 is 0. The van der Waals surface area contributed by atoms with Crippen molar-refractivity contribution >= 4 is 11.6 Å². The molecule has 0 aromatic heterocycles. The maximum Gasteiger partial charge on any atom is 0.231 e. The van der Waals surface area contributed by atoms with Gasteiger partial charge in [-0.25, -0.2) is 0 Å². The van der Waals surface area contributed by atoms with Crippen molar-refractivity contribution in [3.05, 3.63) is 53.6 Å². The van der Waals surface area contributed by atoms with E-state index in [0.29, 0.717) is 12.2 Å². The summed E-state index contributed by atoms with van der Waals surface area (Å²) in [4.78, 5) is 11.9. The van der Waals surface area contributed by atoms with Crippen molar-refractivity contribution in [1.82, 2.24) is 0 Å². The summed E-state index contributed by atoms with van der Waals surface area (Å²) in [6.45, 7) is 0.238. The highest BCUT2D eigenvalue weighted by Gasteiger charge is 2.29. The van der Waals surface area contributed by atoms with Gasteiger partial charge >= 0.3 is 0 Å². The Morgan fingerprint density at radius 3 is 2.60 bits per heavy atom. The van der Waals surface area contributed by atoms with Crippen LogP contribution in [0.25, 0.3) is 0 Å². The van der Waals surface area contributed by atoms with E-state index in [-0.39, 0.29) is 18.6 Å². The Morgan fingerprint density at radius 2 is 1.80 bits per heavy atom. The molecule has 2 aliphatic rings. The van der Waals surface area contributed by atoms with Crippen LogP contribution in [0.3, 0.4) is 0 Å². The van der Waals surface area contributed by atoms with Gasteiger partial charge in [0.05, 0.1) is 0 Å². The molecular weight excluding hydrogens is 254 g/mol. The molecule has 0 spiro atoms. The van der Waals surface area contributed by atoms with Gasteiger partial charge in [-0.1, -0.05) is 30.3 Å². The molecule has 0 saturated carbocycles. The molecule has 4 nitrogen and oxygen atoms in total. The zero-order valence-electron chi connectivity index (χ0n) is 10.8. The summed E-state index contributed by atoms with van der Waals surface area (Å²) in [5.74, 6) is 1.54. The van der Waals surface area contributed by atoms with Crippen LogP contribution in [-0.2, 0) is 4.79 Å². The summed E-state index contributed by atoms with van der Waals surface area (Å²) in [6, 6.07) is 13.9. The van der Waals surface area contributed by atoms with Crippen LogP contribution in [0.1, 0.15) is 23.5 Å². The number of nitrogens with one attached hydrogen (secondary N) is 1. The molecule has 4 heteroatoms. The molecule has 1 N–H and O–H groups in total. The van der Waals surface area contributed by atoms with Crippen molar-refractivity contribution in [1.29, 1.82) is 0 Å². The Bertz CT molecular complexity index is 682. The first-order chi connectivity index (χ1) is 9.81. The van der Waals surface area contributed by atoms with Crippen LogP contribution in [0.4, 0.5) is 5.69 Å². The lowest BCUT2D eigenvalue weighted by atomic mass is 9.84. The van der Waals surface area contributed by atoms with Crippen molar-refractivity contribution in [2.75, 3.05) is 12.1 Å². The minimum atomic E-state index is 0.0326. The monoisotopic (exact) mass is 267 g/mol. The summed E-state index contributed by atoms with van der Waals surface area (Å²) in [5.41, 5.74) is 3.04.